The molecule has 4 nitrogen and oxygen atoms in total. The fourth-order valence-electron chi connectivity index (χ4n) is 3.18. The molecule has 23 heavy (non-hydrogen) atoms. The van der Waals surface area contributed by atoms with Gasteiger partial charge in [0, 0.05) is 25.2 Å². The lowest BCUT2D eigenvalue weighted by atomic mass is 9.84. The topological polar surface area (TPSA) is 51.8 Å². The Morgan fingerprint density at radius 3 is 2.91 bits per heavy atom. The summed E-state index contributed by atoms with van der Waals surface area (Å²) in [6.07, 6.45) is 7.39. The second-order valence-corrected chi connectivity index (χ2v) is 5.98. The normalized spacial score (nSPS) is 17.0. The molecular formula is C18H16FN3O. The second kappa shape index (κ2) is 5.57. The van der Waals surface area contributed by atoms with Gasteiger partial charge in [0.1, 0.15) is 17.3 Å². The summed E-state index contributed by atoms with van der Waals surface area (Å²) < 4.78 is 19.5. The molecule has 2 heterocycles. The molecule has 0 saturated carbocycles. The SMILES string of the molecule is Cc1cc(F)cc(C2CCc3oc(-c4cnccn4)nc3C2)c1. The van der Waals surface area contributed by atoms with Gasteiger partial charge in [0.05, 0.1) is 11.9 Å². The van der Waals surface area contributed by atoms with Crippen molar-refractivity contribution in [3.63, 3.8) is 0 Å². The maximum absolute atomic E-state index is 13.7. The van der Waals surface area contributed by atoms with Crippen molar-refractivity contribution in [3.05, 3.63) is 65.2 Å². The van der Waals surface area contributed by atoms with Crippen molar-refractivity contribution in [2.45, 2.75) is 32.1 Å². The lowest BCUT2D eigenvalue weighted by Gasteiger charge is -2.21. The predicted molar refractivity (Wildman–Crippen MR) is 83.4 cm³/mol. The molecule has 1 atom stereocenters. The summed E-state index contributed by atoms with van der Waals surface area (Å²) in [5.74, 6) is 1.53. The van der Waals surface area contributed by atoms with E-state index in [2.05, 4.69) is 21.0 Å². The van der Waals surface area contributed by atoms with E-state index < -0.39 is 0 Å². The highest BCUT2D eigenvalue weighted by atomic mass is 19.1. The number of benzene rings is 1. The minimum absolute atomic E-state index is 0.175. The molecule has 2 aromatic heterocycles. The molecule has 0 saturated heterocycles. The van der Waals surface area contributed by atoms with Crippen molar-refractivity contribution < 1.29 is 8.81 Å². The molecule has 116 valence electrons. The van der Waals surface area contributed by atoms with Crippen LogP contribution in [0.1, 0.15) is 34.9 Å². The van der Waals surface area contributed by atoms with Crippen LogP contribution in [-0.2, 0) is 12.8 Å². The van der Waals surface area contributed by atoms with Crippen LogP contribution in [-0.4, -0.2) is 15.0 Å². The van der Waals surface area contributed by atoms with Crippen LogP contribution < -0.4 is 0 Å². The zero-order valence-corrected chi connectivity index (χ0v) is 12.8. The summed E-state index contributed by atoms with van der Waals surface area (Å²) in [7, 11) is 0. The van der Waals surface area contributed by atoms with Gasteiger partial charge in [-0.05, 0) is 42.5 Å². The Morgan fingerprint density at radius 2 is 2.13 bits per heavy atom. The zero-order valence-electron chi connectivity index (χ0n) is 12.8. The van der Waals surface area contributed by atoms with E-state index in [-0.39, 0.29) is 11.7 Å². The second-order valence-electron chi connectivity index (χ2n) is 5.98. The smallest absolute Gasteiger partial charge is 0.247 e. The monoisotopic (exact) mass is 309 g/mol. The van der Waals surface area contributed by atoms with Crippen LogP contribution in [0.3, 0.4) is 0 Å². The Bertz CT molecular complexity index is 824. The van der Waals surface area contributed by atoms with Crippen molar-refractivity contribution >= 4 is 0 Å². The van der Waals surface area contributed by atoms with E-state index in [1.807, 2.05) is 6.92 Å². The summed E-state index contributed by atoms with van der Waals surface area (Å²) in [4.78, 5) is 12.8. The third-order valence-electron chi connectivity index (χ3n) is 4.26. The average molecular weight is 309 g/mol. The number of hydrogen-bond acceptors (Lipinski definition) is 4. The number of rotatable bonds is 2. The number of hydrogen-bond donors (Lipinski definition) is 0. The first kappa shape index (κ1) is 14.1. The Hall–Kier alpha value is -2.56. The van der Waals surface area contributed by atoms with Crippen molar-refractivity contribution in [1.29, 1.82) is 0 Å². The average Bonchev–Trinajstić information content (AvgIpc) is 2.98. The summed E-state index contributed by atoms with van der Waals surface area (Å²) in [5, 5.41) is 0. The number of oxazole rings is 1. The third kappa shape index (κ3) is 2.74. The number of nitrogens with zero attached hydrogens (tertiary/aromatic N) is 3. The first-order chi connectivity index (χ1) is 11.2. The van der Waals surface area contributed by atoms with Crippen molar-refractivity contribution in [3.8, 4) is 11.6 Å². The molecule has 0 spiro atoms. The largest absolute Gasteiger partial charge is 0.440 e. The molecule has 1 unspecified atom stereocenters. The van der Waals surface area contributed by atoms with E-state index in [0.29, 0.717) is 11.6 Å². The first-order valence-electron chi connectivity index (χ1n) is 7.71. The number of halogens is 1. The van der Waals surface area contributed by atoms with E-state index in [1.54, 1.807) is 30.7 Å². The van der Waals surface area contributed by atoms with Gasteiger partial charge in [0.25, 0.3) is 0 Å². The number of fused-ring (bicyclic) bond motifs is 1. The molecule has 0 amide bonds. The van der Waals surface area contributed by atoms with E-state index >= 15 is 0 Å². The van der Waals surface area contributed by atoms with E-state index in [4.69, 9.17) is 4.42 Å². The van der Waals surface area contributed by atoms with Gasteiger partial charge in [-0.1, -0.05) is 6.07 Å². The zero-order chi connectivity index (χ0) is 15.8. The summed E-state index contributed by atoms with van der Waals surface area (Å²) in [6.45, 7) is 1.92. The molecule has 1 aliphatic carbocycles. The number of aryl methyl sites for hydroxylation is 2. The summed E-state index contributed by atoms with van der Waals surface area (Å²) in [5.41, 5.74) is 3.58. The van der Waals surface area contributed by atoms with Crippen LogP contribution in [0.15, 0.2) is 41.2 Å². The van der Waals surface area contributed by atoms with E-state index in [0.717, 1.165) is 41.8 Å². The summed E-state index contributed by atoms with van der Waals surface area (Å²) >= 11 is 0. The van der Waals surface area contributed by atoms with Gasteiger partial charge in [-0.2, -0.15) is 0 Å². The first-order valence-corrected chi connectivity index (χ1v) is 7.71. The van der Waals surface area contributed by atoms with Crippen LogP contribution in [0, 0.1) is 12.7 Å². The van der Waals surface area contributed by atoms with Crippen molar-refractivity contribution in [2.75, 3.05) is 0 Å². The van der Waals surface area contributed by atoms with E-state index in [1.165, 1.54) is 0 Å². The van der Waals surface area contributed by atoms with Gasteiger partial charge in [-0.25, -0.2) is 14.4 Å². The van der Waals surface area contributed by atoms with Crippen molar-refractivity contribution in [1.82, 2.24) is 15.0 Å². The molecule has 1 aromatic carbocycles. The standard InChI is InChI=1S/C18H16FN3O/c1-11-6-13(8-14(19)7-11)12-2-3-17-15(9-12)22-18(23-17)16-10-20-4-5-21-16/h4-8,10,12H,2-3,9H2,1H3. The van der Waals surface area contributed by atoms with Gasteiger partial charge in [0.15, 0.2) is 0 Å². The maximum Gasteiger partial charge on any atom is 0.247 e. The van der Waals surface area contributed by atoms with Crippen LogP contribution in [0.25, 0.3) is 11.6 Å². The maximum atomic E-state index is 13.7. The quantitative estimate of drug-likeness (QED) is 0.721. The van der Waals surface area contributed by atoms with Gasteiger partial charge in [-0.3, -0.25) is 4.98 Å². The molecule has 0 bridgehead atoms. The molecule has 1 aliphatic rings. The minimum atomic E-state index is -0.175. The lowest BCUT2D eigenvalue weighted by molar-refractivity contribution is 0.463. The van der Waals surface area contributed by atoms with E-state index in [9.17, 15) is 4.39 Å². The molecule has 0 radical (unpaired) electrons. The van der Waals surface area contributed by atoms with Gasteiger partial charge >= 0.3 is 0 Å². The third-order valence-corrected chi connectivity index (χ3v) is 4.26. The Kier molecular flexibility index (Phi) is 3.41. The highest BCUT2D eigenvalue weighted by molar-refractivity contribution is 5.46. The highest BCUT2D eigenvalue weighted by Gasteiger charge is 2.26. The molecule has 0 N–H and O–H groups in total. The fraction of sp³-hybridized carbons (Fsp3) is 0.278. The molecule has 3 aromatic rings. The molecule has 4 rings (SSSR count). The van der Waals surface area contributed by atoms with Gasteiger partial charge in [0.2, 0.25) is 5.89 Å². The predicted octanol–water partition coefficient (Wildman–Crippen LogP) is 3.85. The van der Waals surface area contributed by atoms with Gasteiger partial charge in [-0.15, -0.1) is 0 Å². The number of aromatic nitrogens is 3. The van der Waals surface area contributed by atoms with Crippen LogP contribution in [0.2, 0.25) is 0 Å². The minimum Gasteiger partial charge on any atom is -0.440 e. The Labute approximate surface area is 133 Å². The van der Waals surface area contributed by atoms with Gasteiger partial charge < -0.3 is 4.42 Å². The molecular weight excluding hydrogens is 293 g/mol. The molecule has 0 fully saturated rings. The highest BCUT2D eigenvalue weighted by Crippen LogP contribution is 2.34. The van der Waals surface area contributed by atoms with Crippen LogP contribution >= 0.6 is 0 Å². The fourth-order valence-corrected chi connectivity index (χ4v) is 3.18. The van der Waals surface area contributed by atoms with Crippen LogP contribution in [0.4, 0.5) is 4.39 Å². The molecule has 0 aliphatic heterocycles. The Balaban J connectivity index is 1.63. The van der Waals surface area contributed by atoms with Crippen molar-refractivity contribution in [2.24, 2.45) is 0 Å². The lowest BCUT2D eigenvalue weighted by Crippen LogP contribution is -2.12. The Morgan fingerprint density at radius 1 is 1.22 bits per heavy atom. The molecule has 5 heteroatoms. The van der Waals surface area contributed by atoms with Crippen LogP contribution in [0.5, 0.6) is 0 Å². The summed E-state index contributed by atoms with van der Waals surface area (Å²) in [6, 6.07) is 5.24.